The molecule has 0 aromatic carbocycles. The van der Waals surface area contributed by atoms with Crippen LogP contribution in [0.25, 0.3) is 0 Å². The Bertz CT molecular complexity index is 1050. The second-order valence-electron chi connectivity index (χ2n) is 15.6. The van der Waals surface area contributed by atoms with E-state index in [4.69, 9.17) is 24.1 Å². The van der Waals surface area contributed by atoms with Gasteiger partial charge in [0.05, 0.1) is 52.0 Å². The molecule has 3 fully saturated rings. The number of carbonyl (C=O) groups is 2. The van der Waals surface area contributed by atoms with Gasteiger partial charge in [-0.1, -0.05) is 65.3 Å². The molecule has 0 bridgehead atoms. The predicted octanol–water partition coefficient (Wildman–Crippen LogP) is 8.27. The lowest BCUT2D eigenvalue weighted by atomic mass is 9.47. The van der Waals surface area contributed by atoms with Crippen molar-refractivity contribution >= 4 is 11.9 Å². The number of ether oxygens (including phenoxy) is 4. The predicted molar refractivity (Wildman–Crippen MR) is 181 cm³/mol. The quantitative estimate of drug-likeness (QED) is 0.0912. The number of carboxylic acids is 1. The van der Waals surface area contributed by atoms with Gasteiger partial charge in [-0.15, -0.1) is 0 Å². The highest BCUT2D eigenvalue weighted by atomic mass is 16.6. The topological polar surface area (TPSA) is 91.3 Å². The molecule has 0 aromatic heterocycles. The zero-order valence-electron chi connectivity index (χ0n) is 29.8. The Kier molecular flexibility index (Phi) is 13.8. The van der Waals surface area contributed by atoms with Crippen molar-refractivity contribution in [1.29, 1.82) is 0 Å². The van der Waals surface area contributed by atoms with Crippen LogP contribution in [0.5, 0.6) is 0 Å². The molecule has 0 spiro atoms. The highest BCUT2D eigenvalue weighted by Gasteiger charge is 2.59. The first-order valence-electron chi connectivity index (χ1n) is 18.5. The molecule has 4 aliphatic rings. The van der Waals surface area contributed by atoms with Crippen molar-refractivity contribution in [3.05, 3.63) is 23.8 Å². The van der Waals surface area contributed by atoms with E-state index >= 15 is 0 Å². The monoisotopic (exact) mass is 644 g/mol. The number of rotatable bonds is 18. The minimum atomic E-state index is -1.01. The third-order valence-electron chi connectivity index (χ3n) is 12.7. The molecular weight excluding hydrogens is 580 g/mol. The molecule has 262 valence electrons. The Balaban J connectivity index is 1.17. The average Bonchev–Trinajstić information content (AvgIpc) is 3.38. The number of carbonyl (C=O) groups excluding carboxylic acids is 1. The molecule has 0 radical (unpaired) electrons. The second kappa shape index (κ2) is 17.1. The van der Waals surface area contributed by atoms with Gasteiger partial charge in [0.15, 0.2) is 0 Å². The summed E-state index contributed by atoms with van der Waals surface area (Å²) in [6.07, 6.45) is 19.3. The molecule has 9 atom stereocenters. The smallest absolute Gasteiger partial charge is 0.306 e. The van der Waals surface area contributed by atoms with Crippen LogP contribution in [0.3, 0.4) is 0 Å². The third kappa shape index (κ3) is 9.05. The van der Waals surface area contributed by atoms with E-state index < -0.39 is 11.9 Å². The van der Waals surface area contributed by atoms with Crippen molar-refractivity contribution in [3.8, 4) is 0 Å². The van der Waals surface area contributed by atoms with Gasteiger partial charge in [-0.25, -0.2) is 0 Å². The first kappa shape index (κ1) is 37.1. The van der Waals surface area contributed by atoms with Crippen LogP contribution in [-0.2, 0) is 28.5 Å². The summed E-state index contributed by atoms with van der Waals surface area (Å²) >= 11 is 0. The molecule has 0 saturated heterocycles. The molecule has 1 N–H and O–H groups in total. The summed E-state index contributed by atoms with van der Waals surface area (Å²) in [4.78, 5) is 21.9. The van der Waals surface area contributed by atoms with Crippen molar-refractivity contribution in [2.75, 3.05) is 39.6 Å². The van der Waals surface area contributed by atoms with Crippen LogP contribution in [0.1, 0.15) is 112 Å². The molecule has 0 aromatic rings. The zero-order chi connectivity index (χ0) is 33.3. The van der Waals surface area contributed by atoms with Gasteiger partial charge in [-0.3, -0.25) is 9.59 Å². The van der Waals surface area contributed by atoms with E-state index in [1.807, 2.05) is 0 Å². The van der Waals surface area contributed by atoms with Crippen LogP contribution in [-0.4, -0.2) is 62.8 Å². The van der Waals surface area contributed by atoms with Gasteiger partial charge in [0.25, 0.3) is 0 Å². The van der Waals surface area contributed by atoms with Gasteiger partial charge < -0.3 is 24.1 Å². The van der Waals surface area contributed by atoms with Crippen LogP contribution in [0, 0.1) is 52.3 Å². The maximum atomic E-state index is 11.4. The third-order valence-corrected chi connectivity index (χ3v) is 12.7. The first-order valence-corrected chi connectivity index (χ1v) is 18.5. The average molecular weight is 645 g/mol. The fourth-order valence-electron chi connectivity index (χ4n) is 10.0. The fourth-order valence-corrected chi connectivity index (χ4v) is 10.0. The van der Waals surface area contributed by atoms with Crippen molar-refractivity contribution in [2.24, 2.45) is 52.3 Å². The Hall–Kier alpha value is -1.70. The number of esters is 1. The highest BCUT2D eigenvalue weighted by molar-refractivity contribution is 5.76. The molecule has 0 heterocycles. The van der Waals surface area contributed by atoms with E-state index in [1.165, 1.54) is 44.9 Å². The molecule has 0 aliphatic heterocycles. The maximum absolute atomic E-state index is 11.4. The Morgan fingerprint density at radius 1 is 0.913 bits per heavy atom. The molecule has 7 heteroatoms. The van der Waals surface area contributed by atoms with Crippen LogP contribution in [0.15, 0.2) is 23.8 Å². The van der Waals surface area contributed by atoms with Crippen molar-refractivity contribution in [3.63, 3.8) is 0 Å². The second-order valence-corrected chi connectivity index (χ2v) is 15.6. The number of hydrogen-bond acceptors (Lipinski definition) is 6. The molecule has 4 aliphatic carbocycles. The zero-order valence-corrected chi connectivity index (χ0v) is 29.8. The molecule has 3 saturated carbocycles. The summed E-state index contributed by atoms with van der Waals surface area (Å²) in [5.74, 6) is 3.90. The van der Waals surface area contributed by atoms with E-state index in [0.717, 1.165) is 42.4 Å². The van der Waals surface area contributed by atoms with Crippen LogP contribution >= 0.6 is 0 Å². The SMILES string of the molecule is CC[C@H](C=C[C@@H](C)[C@H]1CCC2[C@@H]3CC=C4C[C@@H](OCCOCCOCCOC(=O)CCC(=O)O)CC[C@]4(C)[C@@H]3CC[C@@]21C)C(C)C. The Morgan fingerprint density at radius 2 is 1.63 bits per heavy atom. The van der Waals surface area contributed by atoms with E-state index in [2.05, 4.69) is 59.8 Å². The summed E-state index contributed by atoms with van der Waals surface area (Å²) in [6.45, 7) is 17.2. The molecule has 4 rings (SSSR count). The molecule has 7 nitrogen and oxygen atoms in total. The van der Waals surface area contributed by atoms with Gasteiger partial charge in [0.1, 0.15) is 6.61 Å². The van der Waals surface area contributed by atoms with E-state index in [9.17, 15) is 9.59 Å². The molecular formula is C39H64O7. The van der Waals surface area contributed by atoms with Gasteiger partial charge in [-0.2, -0.15) is 0 Å². The molecule has 0 amide bonds. The number of fused-ring (bicyclic) bond motifs is 5. The number of hydrogen-bond donors (Lipinski definition) is 1. The number of carboxylic acid groups (broad SMARTS) is 1. The van der Waals surface area contributed by atoms with Crippen molar-refractivity contribution in [2.45, 2.75) is 118 Å². The lowest BCUT2D eigenvalue weighted by Crippen LogP contribution is -2.51. The van der Waals surface area contributed by atoms with Gasteiger partial charge >= 0.3 is 11.9 Å². The number of allylic oxidation sites excluding steroid dienone is 3. The Labute approximate surface area is 279 Å². The summed E-state index contributed by atoms with van der Waals surface area (Å²) in [5.41, 5.74) is 2.47. The lowest BCUT2D eigenvalue weighted by Gasteiger charge is -2.58. The van der Waals surface area contributed by atoms with E-state index in [0.29, 0.717) is 49.1 Å². The van der Waals surface area contributed by atoms with Gasteiger partial charge in [0, 0.05) is 0 Å². The largest absolute Gasteiger partial charge is 0.481 e. The van der Waals surface area contributed by atoms with Crippen LogP contribution in [0.4, 0.5) is 0 Å². The summed E-state index contributed by atoms with van der Waals surface area (Å²) in [7, 11) is 0. The molecule has 1 unspecified atom stereocenters. The minimum absolute atomic E-state index is 0.118. The van der Waals surface area contributed by atoms with Crippen molar-refractivity contribution in [1.82, 2.24) is 0 Å². The summed E-state index contributed by atoms with van der Waals surface area (Å²) in [5, 5.41) is 8.59. The van der Waals surface area contributed by atoms with E-state index in [-0.39, 0.29) is 32.2 Å². The van der Waals surface area contributed by atoms with Crippen LogP contribution in [0.2, 0.25) is 0 Å². The van der Waals surface area contributed by atoms with Gasteiger partial charge in [-0.05, 0) is 110 Å². The minimum Gasteiger partial charge on any atom is -0.481 e. The first-order chi connectivity index (χ1) is 22.0. The molecule has 46 heavy (non-hydrogen) atoms. The standard InChI is InChI=1S/C39H64O7/c1-7-29(27(2)3)9-8-28(4)33-12-13-34-32-11-10-30-26-31(16-18-38(30,5)35(32)17-19-39(33,34)6)45-24-22-43-20-21-44-23-25-46-37(42)15-14-36(40)41/h8-10,27-29,31-35H,7,11-26H2,1-6H3,(H,40,41)/t28-,29-,31+,32+,33-,34?,35-,38+,39-/m1/s1. The van der Waals surface area contributed by atoms with Crippen LogP contribution < -0.4 is 0 Å². The highest BCUT2D eigenvalue weighted by Crippen LogP contribution is 2.67. The fraction of sp³-hybridized carbons (Fsp3) is 0.846. The van der Waals surface area contributed by atoms with E-state index in [1.54, 1.807) is 5.57 Å². The van der Waals surface area contributed by atoms with Crippen molar-refractivity contribution < 1.29 is 33.6 Å². The Morgan fingerprint density at radius 3 is 2.33 bits per heavy atom. The summed E-state index contributed by atoms with van der Waals surface area (Å²) in [6, 6.07) is 0. The number of aliphatic carboxylic acids is 1. The summed E-state index contributed by atoms with van der Waals surface area (Å²) < 4.78 is 22.4. The van der Waals surface area contributed by atoms with Gasteiger partial charge in [0.2, 0.25) is 0 Å². The maximum Gasteiger partial charge on any atom is 0.306 e. The lowest BCUT2D eigenvalue weighted by molar-refractivity contribution is -0.149. The normalized spacial score (nSPS) is 33.6.